The van der Waals surface area contributed by atoms with Gasteiger partial charge in [-0.1, -0.05) is 12.1 Å². The molecule has 1 aliphatic rings. The molecule has 1 heterocycles. The molecule has 0 aliphatic carbocycles. The van der Waals surface area contributed by atoms with Crippen molar-refractivity contribution in [3.05, 3.63) is 29.8 Å². The highest BCUT2D eigenvalue weighted by molar-refractivity contribution is 7.98. The van der Waals surface area contributed by atoms with Gasteiger partial charge in [-0.2, -0.15) is 0 Å². The van der Waals surface area contributed by atoms with Crippen LogP contribution in [0.5, 0.6) is 0 Å². The van der Waals surface area contributed by atoms with Gasteiger partial charge in [-0.3, -0.25) is 9.59 Å². The van der Waals surface area contributed by atoms with Crippen LogP contribution in [0.15, 0.2) is 29.2 Å². The molecule has 1 aromatic carbocycles. The number of amides is 2. The minimum Gasteiger partial charge on any atom is -0.354 e. The zero-order chi connectivity index (χ0) is 13.0. The molecule has 0 bridgehead atoms. The zero-order valence-electron chi connectivity index (χ0n) is 10.2. The molecular weight excluding hydrogens is 248 g/mol. The fraction of sp³-hybridized carbons (Fsp3) is 0.385. The maximum atomic E-state index is 12.1. The van der Waals surface area contributed by atoms with Gasteiger partial charge in [0.2, 0.25) is 5.91 Å². The third kappa shape index (κ3) is 3.04. The molecule has 1 atom stereocenters. The van der Waals surface area contributed by atoms with E-state index >= 15 is 0 Å². The molecule has 2 amide bonds. The Balaban J connectivity index is 2.01. The van der Waals surface area contributed by atoms with E-state index in [0.717, 1.165) is 4.90 Å². The van der Waals surface area contributed by atoms with Crippen molar-refractivity contribution in [1.82, 2.24) is 10.6 Å². The van der Waals surface area contributed by atoms with Crippen molar-refractivity contribution >= 4 is 23.6 Å². The molecule has 1 unspecified atom stereocenters. The van der Waals surface area contributed by atoms with E-state index in [-0.39, 0.29) is 17.9 Å². The van der Waals surface area contributed by atoms with Gasteiger partial charge in [0.05, 0.1) is 5.56 Å². The first-order valence-electron chi connectivity index (χ1n) is 5.91. The molecule has 2 rings (SSSR count). The number of hydrogen-bond acceptors (Lipinski definition) is 3. The summed E-state index contributed by atoms with van der Waals surface area (Å²) >= 11 is 1.56. The van der Waals surface area contributed by atoms with Crippen molar-refractivity contribution in [2.24, 2.45) is 0 Å². The van der Waals surface area contributed by atoms with E-state index in [1.807, 2.05) is 30.5 Å². The second-order valence-corrected chi connectivity index (χ2v) is 5.06. The summed E-state index contributed by atoms with van der Waals surface area (Å²) in [6.45, 7) is 0.520. The highest BCUT2D eigenvalue weighted by Crippen LogP contribution is 2.20. The number of rotatable bonds is 3. The monoisotopic (exact) mass is 264 g/mol. The van der Waals surface area contributed by atoms with Crippen LogP contribution in [0.1, 0.15) is 23.2 Å². The lowest BCUT2D eigenvalue weighted by atomic mass is 10.1. The first-order valence-corrected chi connectivity index (χ1v) is 7.13. The number of thioether (sulfide) groups is 1. The first-order chi connectivity index (χ1) is 8.70. The van der Waals surface area contributed by atoms with Gasteiger partial charge in [0.1, 0.15) is 0 Å². The Kier molecular flexibility index (Phi) is 4.25. The van der Waals surface area contributed by atoms with Gasteiger partial charge in [-0.05, 0) is 24.8 Å². The summed E-state index contributed by atoms with van der Waals surface area (Å²) in [5.41, 5.74) is 0.696. The lowest BCUT2D eigenvalue weighted by Gasteiger charge is -2.23. The van der Waals surface area contributed by atoms with Gasteiger partial charge in [-0.25, -0.2) is 0 Å². The average Bonchev–Trinajstić information content (AvgIpc) is 2.41. The quantitative estimate of drug-likeness (QED) is 0.812. The minimum absolute atomic E-state index is 0.0325. The summed E-state index contributed by atoms with van der Waals surface area (Å²) in [5.74, 6) is -0.00823. The lowest BCUT2D eigenvalue weighted by molar-refractivity contribution is -0.122. The van der Waals surface area contributed by atoms with Gasteiger partial charge < -0.3 is 10.6 Å². The summed E-state index contributed by atoms with van der Waals surface area (Å²) in [5, 5.41) is 5.72. The van der Waals surface area contributed by atoms with Crippen LogP contribution in [-0.4, -0.2) is 30.7 Å². The van der Waals surface area contributed by atoms with Crippen molar-refractivity contribution < 1.29 is 9.59 Å². The van der Waals surface area contributed by atoms with Crippen LogP contribution in [0, 0.1) is 0 Å². The summed E-state index contributed by atoms with van der Waals surface area (Å²) in [6.07, 6.45) is 3.14. The molecule has 2 N–H and O–H groups in total. The predicted molar refractivity (Wildman–Crippen MR) is 71.7 cm³/mol. The Hall–Kier alpha value is -1.49. The normalized spacial score (nSPS) is 19.2. The molecule has 5 heteroatoms. The van der Waals surface area contributed by atoms with Gasteiger partial charge in [0.15, 0.2) is 0 Å². The molecule has 18 heavy (non-hydrogen) atoms. The van der Waals surface area contributed by atoms with E-state index in [1.54, 1.807) is 11.8 Å². The largest absolute Gasteiger partial charge is 0.354 e. The van der Waals surface area contributed by atoms with Crippen LogP contribution >= 0.6 is 11.8 Å². The maximum absolute atomic E-state index is 12.1. The molecule has 1 aromatic rings. The highest BCUT2D eigenvalue weighted by atomic mass is 32.2. The number of carbonyl (C=O) groups excluding carboxylic acids is 2. The van der Waals surface area contributed by atoms with E-state index in [9.17, 15) is 9.59 Å². The van der Waals surface area contributed by atoms with Crippen molar-refractivity contribution in [3.63, 3.8) is 0 Å². The standard InChI is InChI=1S/C13H16N2O2S/c1-18-11-5-3-2-4-10(11)13(17)15-9-6-7-12(16)14-8-9/h2-5,9H,6-8H2,1H3,(H,14,16)(H,15,17). The van der Waals surface area contributed by atoms with Crippen molar-refractivity contribution in [2.45, 2.75) is 23.8 Å². The third-order valence-electron chi connectivity index (χ3n) is 2.95. The topological polar surface area (TPSA) is 58.2 Å². The van der Waals surface area contributed by atoms with Gasteiger partial charge >= 0.3 is 0 Å². The molecule has 0 spiro atoms. The smallest absolute Gasteiger partial charge is 0.252 e. The molecule has 0 radical (unpaired) electrons. The number of hydrogen-bond donors (Lipinski definition) is 2. The van der Waals surface area contributed by atoms with E-state index in [2.05, 4.69) is 10.6 Å². The van der Waals surface area contributed by atoms with Crippen molar-refractivity contribution in [1.29, 1.82) is 0 Å². The van der Waals surface area contributed by atoms with Crippen molar-refractivity contribution in [3.8, 4) is 0 Å². The predicted octanol–water partition coefficient (Wildman–Crippen LogP) is 1.42. The fourth-order valence-corrected chi connectivity index (χ4v) is 2.55. The minimum atomic E-state index is -0.0684. The summed E-state index contributed by atoms with van der Waals surface area (Å²) in [4.78, 5) is 24.1. The van der Waals surface area contributed by atoms with Crippen LogP contribution in [0.2, 0.25) is 0 Å². The number of piperidine rings is 1. The highest BCUT2D eigenvalue weighted by Gasteiger charge is 2.20. The second kappa shape index (κ2) is 5.91. The Morgan fingerprint density at radius 3 is 2.89 bits per heavy atom. The van der Waals surface area contributed by atoms with Gasteiger partial charge in [-0.15, -0.1) is 11.8 Å². The van der Waals surface area contributed by atoms with Crippen LogP contribution < -0.4 is 10.6 Å². The zero-order valence-corrected chi connectivity index (χ0v) is 11.0. The van der Waals surface area contributed by atoms with Crippen LogP contribution in [0.3, 0.4) is 0 Å². The molecule has 96 valence electrons. The number of nitrogens with one attached hydrogen (secondary N) is 2. The molecular formula is C13H16N2O2S. The first kappa shape index (κ1) is 13.0. The average molecular weight is 264 g/mol. The van der Waals surface area contributed by atoms with Gasteiger partial charge in [0, 0.05) is 23.9 Å². The van der Waals surface area contributed by atoms with E-state index in [0.29, 0.717) is 24.9 Å². The second-order valence-electron chi connectivity index (χ2n) is 4.21. The Morgan fingerprint density at radius 2 is 2.22 bits per heavy atom. The molecule has 1 aliphatic heterocycles. The lowest BCUT2D eigenvalue weighted by Crippen LogP contribution is -2.47. The summed E-state index contributed by atoms with van der Waals surface area (Å²) in [7, 11) is 0. The van der Waals surface area contributed by atoms with Crippen LogP contribution in [-0.2, 0) is 4.79 Å². The van der Waals surface area contributed by atoms with Crippen LogP contribution in [0.4, 0.5) is 0 Å². The van der Waals surface area contributed by atoms with Crippen LogP contribution in [0.25, 0.3) is 0 Å². The Labute approximate surface area is 111 Å². The van der Waals surface area contributed by atoms with E-state index in [4.69, 9.17) is 0 Å². The SMILES string of the molecule is CSc1ccccc1C(=O)NC1CCC(=O)NC1. The number of benzene rings is 1. The molecule has 1 saturated heterocycles. The fourth-order valence-electron chi connectivity index (χ4n) is 1.95. The maximum Gasteiger partial charge on any atom is 0.252 e. The Morgan fingerprint density at radius 1 is 1.44 bits per heavy atom. The molecule has 0 aromatic heterocycles. The van der Waals surface area contributed by atoms with E-state index < -0.39 is 0 Å². The molecule has 4 nitrogen and oxygen atoms in total. The molecule has 1 fully saturated rings. The Bertz CT molecular complexity index is 452. The summed E-state index contributed by atoms with van der Waals surface area (Å²) < 4.78 is 0. The number of carbonyl (C=O) groups is 2. The third-order valence-corrected chi connectivity index (χ3v) is 3.75. The molecule has 0 saturated carbocycles. The van der Waals surface area contributed by atoms with Gasteiger partial charge in [0.25, 0.3) is 5.91 Å². The summed E-state index contributed by atoms with van der Waals surface area (Å²) in [6, 6.07) is 7.57. The van der Waals surface area contributed by atoms with Crippen molar-refractivity contribution in [2.75, 3.05) is 12.8 Å². The van der Waals surface area contributed by atoms with E-state index in [1.165, 1.54) is 0 Å².